The average Bonchev–Trinajstić information content (AvgIpc) is 4.02. The van der Waals surface area contributed by atoms with Crippen molar-refractivity contribution in [1.82, 2.24) is 39.8 Å². The Hall–Kier alpha value is -7.88. The van der Waals surface area contributed by atoms with Crippen LogP contribution in [0.15, 0.2) is 85.3 Å². The van der Waals surface area contributed by atoms with Crippen LogP contribution in [0.2, 0.25) is 0 Å². The summed E-state index contributed by atoms with van der Waals surface area (Å²) in [6.45, 7) is 3.36. The largest absolute Gasteiger partial charge is 0.497 e. The molecule has 5 heterocycles. The summed E-state index contributed by atoms with van der Waals surface area (Å²) < 4.78 is 37.1. The number of carbonyl (C=O) groups is 5. The van der Waals surface area contributed by atoms with Crippen LogP contribution >= 0.6 is 0 Å². The van der Waals surface area contributed by atoms with Crippen molar-refractivity contribution in [3.05, 3.63) is 108 Å². The highest BCUT2D eigenvalue weighted by Gasteiger charge is 2.45. The minimum atomic E-state index is -1.03. The first-order valence-corrected chi connectivity index (χ1v) is 22.3. The van der Waals surface area contributed by atoms with E-state index < -0.39 is 29.7 Å². The van der Waals surface area contributed by atoms with Crippen molar-refractivity contribution in [2.45, 2.75) is 38.6 Å². The first-order chi connectivity index (χ1) is 33.6. The number of nitrogens with two attached hydrogens (primary N) is 1. The van der Waals surface area contributed by atoms with Crippen LogP contribution in [0.1, 0.15) is 44.7 Å². The van der Waals surface area contributed by atoms with Gasteiger partial charge in [0.25, 0.3) is 11.8 Å². The molecule has 21 nitrogen and oxygen atoms in total. The molecule has 0 aliphatic carbocycles. The summed E-state index contributed by atoms with van der Waals surface area (Å²) in [6.07, 6.45) is 5.29. The Morgan fingerprint density at radius 3 is 2.33 bits per heavy atom. The Balaban J connectivity index is 0.695. The molecule has 1 atom stereocenters. The molecule has 0 bridgehead atoms. The highest BCUT2D eigenvalue weighted by Crippen LogP contribution is 2.33. The maximum absolute atomic E-state index is 13.2. The average molecular weight is 945 g/mol. The van der Waals surface area contributed by atoms with E-state index in [0.29, 0.717) is 100 Å². The number of methoxy groups -OCH3 is 2. The van der Waals surface area contributed by atoms with Gasteiger partial charge in [-0.05, 0) is 60.0 Å². The zero-order valence-corrected chi connectivity index (χ0v) is 38.1. The fourth-order valence-electron chi connectivity index (χ4n) is 7.86. The lowest BCUT2D eigenvalue weighted by molar-refractivity contribution is -0.136. The number of piperidine rings is 1. The Labute approximate surface area is 396 Å². The lowest BCUT2D eigenvalue weighted by atomic mass is 10.0. The molecule has 360 valence electrons. The van der Waals surface area contributed by atoms with Gasteiger partial charge >= 0.3 is 0 Å². The summed E-state index contributed by atoms with van der Waals surface area (Å²) in [4.78, 5) is 73.1. The summed E-state index contributed by atoms with van der Waals surface area (Å²) in [5.74, 6) is -0.173. The number of nitrogens with zero attached hydrogens (tertiary/aromatic N) is 6. The SMILES string of the molecule is COc1ccc(COc2ccc(Cn3c(N)nc4cc(-c5cnn(CC(=O)NCCOCCOCCOCCNc6cccc7c6C(=O)N(C6CCC(=O)NC6=O)C7=O)c5)cnc43)cc2OC)cc1. The van der Waals surface area contributed by atoms with Gasteiger partial charge in [0.1, 0.15) is 30.5 Å². The summed E-state index contributed by atoms with van der Waals surface area (Å²) >= 11 is 0. The number of ether oxygens (including phenoxy) is 6. The molecule has 5 amide bonds. The first kappa shape index (κ1) is 47.6. The van der Waals surface area contributed by atoms with Crippen molar-refractivity contribution in [2.75, 3.05) is 78.0 Å². The molecule has 3 aromatic carbocycles. The van der Waals surface area contributed by atoms with Crippen molar-refractivity contribution in [1.29, 1.82) is 0 Å². The molecule has 0 spiro atoms. The lowest BCUT2D eigenvalue weighted by Crippen LogP contribution is -2.54. The van der Waals surface area contributed by atoms with Crippen LogP contribution in [0.4, 0.5) is 11.6 Å². The first-order valence-electron chi connectivity index (χ1n) is 22.3. The fraction of sp³-hybridized carbons (Fsp3) is 0.333. The van der Waals surface area contributed by atoms with Crippen LogP contribution in [-0.4, -0.2) is 132 Å². The van der Waals surface area contributed by atoms with Crippen molar-refractivity contribution >= 4 is 52.3 Å². The van der Waals surface area contributed by atoms with Crippen LogP contribution < -0.4 is 35.9 Å². The number of nitrogen functional groups attached to an aromatic ring is 1. The summed E-state index contributed by atoms with van der Waals surface area (Å²) in [7, 11) is 3.23. The third kappa shape index (κ3) is 11.5. The van der Waals surface area contributed by atoms with Crippen LogP contribution in [0.25, 0.3) is 22.3 Å². The van der Waals surface area contributed by atoms with E-state index in [0.717, 1.165) is 32.9 Å². The fourth-order valence-corrected chi connectivity index (χ4v) is 7.86. The van der Waals surface area contributed by atoms with E-state index in [1.165, 1.54) is 0 Å². The normalized spacial score (nSPS) is 14.5. The molecule has 21 heteroatoms. The summed E-state index contributed by atoms with van der Waals surface area (Å²) in [5.41, 5.74) is 11.9. The summed E-state index contributed by atoms with van der Waals surface area (Å²) in [6, 6.07) is 19.1. The number of aromatic nitrogens is 5. The van der Waals surface area contributed by atoms with Crippen molar-refractivity contribution in [2.24, 2.45) is 0 Å². The zero-order valence-electron chi connectivity index (χ0n) is 38.1. The maximum atomic E-state index is 13.2. The second-order valence-electron chi connectivity index (χ2n) is 16.0. The Kier molecular flexibility index (Phi) is 15.4. The van der Waals surface area contributed by atoms with E-state index in [4.69, 9.17) is 34.2 Å². The zero-order chi connectivity index (χ0) is 48.3. The number of hydrogen-bond acceptors (Lipinski definition) is 16. The molecule has 6 aromatic rings. The van der Waals surface area contributed by atoms with Gasteiger partial charge < -0.3 is 44.8 Å². The second-order valence-corrected chi connectivity index (χ2v) is 16.0. The van der Waals surface area contributed by atoms with Gasteiger partial charge in [-0.1, -0.05) is 24.3 Å². The monoisotopic (exact) mass is 944 g/mol. The van der Waals surface area contributed by atoms with Gasteiger partial charge in [-0.15, -0.1) is 0 Å². The van der Waals surface area contributed by atoms with Crippen LogP contribution in [-0.2, 0) is 48.3 Å². The van der Waals surface area contributed by atoms with Crippen molar-refractivity contribution in [3.63, 3.8) is 0 Å². The predicted molar refractivity (Wildman–Crippen MR) is 250 cm³/mol. The number of amides is 5. The third-order valence-electron chi connectivity index (χ3n) is 11.4. The number of rotatable bonds is 24. The van der Waals surface area contributed by atoms with Gasteiger partial charge in [0.05, 0.1) is 77.7 Å². The number of anilines is 2. The minimum absolute atomic E-state index is 0.0131. The molecular weight excluding hydrogens is 893 g/mol. The molecule has 3 aromatic heterocycles. The van der Waals surface area contributed by atoms with E-state index >= 15 is 0 Å². The number of hydrogen-bond donors (Lipinski definition) is 4. The molecule has 0 saturated carbocycles. The number of imide groups is 2. The van der Waals surface area contributed by atoms with Gasteiger partial charge in [-0.2, -0.15) is 5.10 Å². The molecule has 5 N–H and O–H groups in total. The minimum Gasteiger partial charge on any atom is -0.497 e. The molecular formula is C48H52N10O11. The topological polar surface area (TPSA) is 255 Å². The molecule has 2 aliphatic heterocycles. The quantitative estimate of drug-likeness (QED) is 0.0502. The molecule has 8 rings (SSSR count). The van der Waals surface area contributed by atoms with E-state index in [1.54, 1.807) is 55.7 Å². The van der Waals surface area contributed by atoms with Crippen molar-refractivity contribution in [3.8, 4) is 28.4 Å². The molecule has 69 heavy (non-hydrogen) atoms. The molecule has 0 radical (unpaired) electrons. The van der Waals surface area contributed by atoms with E-state index in [2.05, 4.69) is 31.0 Å². The Bertz CT molecular complexity index is 2830. The molecule has 1 unspecified atom stereocenters. The van der Waals surface area contributed by atoms with Gasteiger partial charge in [0, 0.05) is 48.7 Å². The molecule has 1 fully saturated rings. The maximum Gasteiger partial charge on any atom is 0.264 e. The van der Waals surface area contributed by atoms with E-state index in [1.807, 2.05) is 53.1 Å². The van der Waals surface area contributed by atoms with E-state index in [-0.39, 0.29) is 36.4 Å². The highest BCUT2D eigenvalue weighted by atomic mass is 16.5. The van der Waals surface area contributed by atoms with Gasteiger partial charge in [-0.25, -0.2) is 9.97 Å². The molecule has 1 saturated heterocycles. The summed E-state index contributed by atoms with van der Waals surface area (Å²) in [5, 5.41) is 12.5. The lowest BCUT2D eigenvalue weighted by Gasteiger charge is -2.27. The standard InChI is InChI=1S/C48H52N10O11/c1-64-34-9-6-30(7-10-34)29-69-39-12-8-31(22-40(39)65-2)26-57-44-37(54-48(57)49)23-32(24-52-44)33-25-53-56(27-33)28-42(60)51-15-17-67-19-21-68-20-18-66-16-14-50-36-5-3-4-35-43(36)47(63)58(46(35)62)38-11-13-41(59)55-45(38)61/h3-10,12,22-25,27,38,50H,11,13-21,26,28-29H2,1-2H3,(H2,49,54)(H,51,60)(H,55,59,61). The number of benzene rings is 3. The van der Waals surface area contributed by atoms with E-state index in [9.17, 15) is 24.0 Å². The Morgan fingerprint density at radius 2 is 1.58 bits per heavy atom. The smallest absolute Gasteiger partial charge is 0.264 e. The van der Waals surface area contributed by atoms with Gasteiger partial charge in [0.15, 0.2) is 17.1 Å². The van der Waals surface area contributed by atoms with Gasteiger partial charge in [-0.3, -0.25) is 43.4 Å². The number of fused-ring (bicyclic) bond motifs is 2. The Morgan fingerprint density at radius 1 is 0.826 bits per heavy atom. The van der Waals surface area contributed by atoms with Gasteiger partial charge in [0.2, 0.25) is 23.7 Å². The third-order valence-corrected chi connectivity index (χ3v) is 11.4. The molecule has 2 aliphatic rings. The van der Waals surface area contributed by atoms with Crippen LogP contribution in [0.5, 0.6) is 17.2 Å². The number of carbonyl (C=O) groups excluding carboxylic acids is 5. The number of imidazole rings is 1. The predicted octanol–water partition coefficient (Wildman–Crippen LogP) is 3.20. The second kappa shape index (κ2) is 22.3. The number of pyridine rings is 1. The number of nitrogens with one attached hydrogen (secondary N) is 3. The van der Waals surface area contributed by atoms with Crippen LogP contribution in [0, 0.1) is 0 Å². The van der Waals surface area contributed by atoms with Crippen molar-refractivity contribution < 1.29 is 52.4 Å². The highest BCUT2D eigenvalue weighted by molar-refractivity contribution is 6.25. The van der Waals surface area contributed by atoms with Crippen LogP contribution in [0.3, 0.4) is 0 Å².